The first-order chi connectivity index (χ1) is 8.40. The first-order valence-corrected chi connectivity index (χ1v) is 6.15. The molecule has 0 heterocycles. The summed E-state index contributed by atoms with van der Waals surface area (Å²) in [6.07, 6.45) is 0.899. The highest BCUT2D eigenvalue weighted by molar-refractivity contribution is 5.94. The van der Waals surface area contributed by atoms with Crippen LogP contribution in [0.3, 0.4) is 0 Å². The molecule has 1 aromatic carbocycles. The third-order valence-electron chi connectivity index (χ3n) is 2.86. The van der Waals surface area contributed by atoms with E-state index in [1.54, 1.807) is 19.1 Å². The maximum atomic E-state index is 11.9. The monoisotopic (exact) mass is 250 g/mol. The Bertz CT molecular complexity index is 416. The summed E-state index contributed by atoms with van der Waals surface area (Å²) in [4.78, 5) is 14.0. The number of rotatable bonds is 5. The first kappa shape index (κ1) is 14.5. The zero-order valence-corrected chi connectivity index (χ0v) is 11.5. The second-order valence-corrected chi connectivity index (χ2v) is 4.97. The average molecular weight is 250 g/mol. The van der Waals surface area contributed by atoms with Crippen molar-refractivity contribution in [2.75, 3.05) is 20.6 Å². The van der Waals surface area contributed by atoms with E-state index in [4.69, 9.17) is 0 Å². The van der Waals surface area contributed by atoms with Gasteiger partial charge < -0.3 is 15.3 Å². The summed E-state index contributed by atoms with van der Waals surface area (Å²) < 4.78 is 0. The lowest BCUT2D eigenvalue weighted by Crippen LogP contribution is -2.34. The Labute approximate surface area is 109 Å². The van der Waals surface area contributed by atoms with Gasteiger partial charge in [-0.25, -0.2) is 0 Å². The van der Waals surface area contributed by atoms with Gasteiger partial charge >= 0.3 is 0 Å². The van der Waals surface area contributed by atoms with Gasteiger partial charge in [0, 0.05) is 11.6 Å². The van der Waals surface area contributed by atoms with E-state index >= 15 is 0 Å². The Morgan fingerprint density at radius 1 is 1.44 bits per heavy atom. The van der Waals surface area contributed by atoms with Crippen molar-refractivity contribution in [2.45, 2.75) is 26.3 Å². The summed E-state index contributed by atoms with van der Waals surface area (Å²) in [6, 6.07) is 5.09. The van der Waals surface area contributed by atoms with Crippen molar-refractivity contribution >= 4 is 5.91 Å². The molecule has 1 aromatic rings. The molecule has 1 atom stereocenters. The largest absolute Gasteiger partial charge is 0.508 e. The van der Waals surface area contributed by atoms with E-state index in [0.717, 1.165) is 18.5 Å². The van der Waals surface area contributed by atoms with Crippen molar-refractivity contribution in [1.29, 1.82) is 0 Å². The molecule has 0 aliphatic heterocycles. The molecule has 0 fully saturated rings. The molecule has 0 aliphatic rings. The second kappa shape index (κ2) is 6.40. The SMILES string of the molecule is Cc1ccc(C(=O)NC(C)CCN(C)C)cc1O. The second-order valence-electron chi connectivity index (χ2n) is 4.97. The fourth-order valence-electron chi connectivity index (χ4n) is 1.58. The van der Waals surface area contributed by atoms with E-state index in [9.17, 15) is 9.90 Å². The molecule has 0 saturated carbocycles. The van der Waals surface area contributed by atoms with Gasteiger partial charge in [-0.2, -0.15) is 0 Å². The van der Waals surface area contributed by atoms with Crippen molar-refractivity contribution in [3.05, 3.63) is 29.3 Å². The molecule has 4 heteroatoms. The fraction of sp³-hybridized carbons (Fsp3) is 0.500. The van der Waals surface area contributed by atoms with Crippen LogP contribution in [0.5, 0.6) is 5.75 Å². The Hall–Kier alpha value is -1.55. The lowest BCUT2D eigenvalue weighted by molar-refractivity contribution is 0.0936. The number of hydrogen-bond acceptors (Lipinski definition) is 3. The number of nitrogens with zero attached hydrogens (tertiary/aromatic N) is 1. The molecule has 0 radical (unpaired) electrons. The van der Waals surface area contributed by atoms with Gasteiger partial charge in [-0.05, 0) is 58.6 Å². The van der Waals surface area contributed by atoms with Gasteiger partial charge in [0.15, 0.2) is 0 Å². The number of hydrogen-bond donors (Lipinski definition) is 2. The molecule has 0 saturated heterocycles. The van der Waals surface area contributed by atoms with Crippen LogP contribution in [0, 0.1) is 6.92 Å². The number of phenols is 1. The molecular weight excluding hydrogens is 228 g/mol. The van der Waals surface area contributed by atoms with Crippen LogP contribution in [-0.2, 0) is 0 Å². The minimum atomic E-state index is -0.142. The Balaban J connectivity index is 2.56. The highest BCUT2D eigenvalue weighted by Gasteiger charge is 2.11. The van der Waals surface area contributed by atoms with Crippen LogP contribution in [0.1, 0.15) is 29.3 Å². The summed E-state index contributed by atoms with van der Waals surface area (Å²) in [5.41, 5.74) is 1.27. The Morgan fingerprint density at radius 2 is 2.11 bits per heavy atom. The van der Waals surface area contributed by atoms with E-state index in [2.05, 4.69) is 10.2 Å². The maximum absolute atomic E-state index is 11.9. The topological polar surface area (TPSA) is 52.6 Å². The van der Waals surface area contributed by atoms with Crippen LogP contribution in [0.4, 0.5) is 0 Å². The van der Waals surface area contributed by atoms with Gasteiger partial charge in [0.1, 0.15) is 5.75 Å². The van der Waals surface area contributed by atoms with Crippen molar-refractivity contribution in [3.8, 4) is 5.75 Å². The van der Waals surface area contributed by atoms with Crippen molar-refractivity contribution in [2.24, 2.45) is 0 Å². The van der Waals surface area contributed by atoms with Gasteiger partial charge in [-0.1, -0.05) is 6.07 Å². The predicted octanol–water partition coefficient (Wildman–Crippen LogP) is 1.77. The van der Waals surface area contributed by atoms with Gasteiger partial charge in [-0.15, -0.1) is 0 Å². The van der Waals surface area contributed by atoms with Crippen molar-refractivity contribution in [3.63, 3.8) is 0 Å². The molecule has 0 aromatic heterocycles. The van der Waals surface area contributed by atoms with Gasteiger partial charge in [0.2, 0.25) is 0 Å². The molecule has 0 spiro atoms. The molecule has 4 nitrogen and oxygen atoms in total. The van der Waals surface area contributed by atoms with Crippen LogP contribution in [-0.4, -0.2) is 42.6 Å². The molecule has 0 aliphatic carbocycles. The summed E-state index contributed by atoms with van der Waals surface area (Å²) in [7, 11) is 4.01. The number of carbonyl (C=O) groups excluding carboxylic acids is 1. The average Bonchev–Trinajstić information content (AvgIpc) is 2.30. The van der Waals surface area contributed by atoms with E-state index in [1.807, 2.05) is 21.0 Å². The van der Waals surface area contributed by atoms with E-state index < -0.39 is 0 Å². The third-order valence-corrected chi connectivity index (χ3v) is 2.86. The number of phenolic OH excluding ortho intramolecular Hbond substituents is 1. The van der Waals surface area contributed by atoms with Crippen molar-refractivity contribution < 1.29 is 9.90 Å². The number of nitrogens with one attached hydrogen (secondary N) is 1. The van der Waals surface area contributed by atoms with Crippen LogP contribution in [0.25, 0.3) is 0 Å². The van der Waals surface area contributed by atoms with E-state index in [1.165, 1.54) is 6.07 Å². The van der Waals surface area contributed by atoms with Gasteiger partial charge in [0.05, 0.1) is 0 Å². The summed E-state index contributed by atoms with van der Waals surface area (Å²) >= 11 is 0. The Kier molecular flexibility index (Phi) is 5.16. The van der Waals surface area contributed by atoms with E-state index in [-0.39, 0.29) is 17.7 Å². The van der Waals surface area contributed by atoms with Gasteiger partial charge in [0.25, 0.3) is 5.91 Å². The standard InChI is InChI=1S/C14H22N2O2/c1-10-5-6-12(9-13(10)17)14(18)15-11(2)7-8-16(3)4/h5-6,9,11,17H,7-8H2,1-4H3,(H,15,18). The minimum absolute atomic E-state index is 0.114. The predicted molar refractivity (Wildman–Crippen MR) is 72.9 cm³/mol. The normalized spacial score (nSPS) is 12.5. The fourth-order valence-corrected chi connectivity index (χ4v) is 1.58. The zero-order chi connectivity index (χ0) is 13.7. The number of aryl methyl sites for hydroxylation is 1. The highest BCUT2D eigenvalue weighted by Crippen LogP contribution is 2.17. The van der Waals surface area contributed by atoms with Gasteiger partial charge in [-0.3, -0.25) is 4.79 Å². The summed E-state index contributed by atoms with van der Waals surface area (Å²) in [5.74, 6) is 0.0140. The van der Waals surface area contributed by atoms with Crippen molar-refractivity contribution in [1.82, 2.24) is 10.2 Å². The molecular formula is C14H22N2O2. The summed E-state index contributed by atoms with van der Waals surface area (Å²) in [5, 5.41) is 12.5. The summed E-state index contributed by atoms with van der Waals surface area (Å²) in [6.45, 7) is 4.72. The smallest absolute Gasteiger partial charge is 0.251 e. The number of benzene rings is 1. The molecule has 1 unspecified atom stereocenters. The van der Waals surface area contributed by atoms with E-state index in [0.29, 0.717) is 5.56 Å². The molecule has 1 amide bonds. The third kappa shape index (κ3) is 4.37. The maximum Gasteiger partial charge on any atom is 0.251 e. The lowest BCUT2D eigenvalue weighted by Gasteiger charge is -2.16. The van der Waals surface area contributed by atoms with Crippen LogP contribution in [0.15, 0.2) is 18.2 Å². The lowest BCUT2D eigenvalue weighted by atomic mass is 10.1. The zero-order valence-electron chi connectivity index (χ0n) is 11.5. The van der Waals surface area contributed by atoms with Crippen LogP contribution < -0.4 is 5.32 Å². The highest BCUT2D eigenvalue weighted by atomic mass is 16.3. The number of aromatic hydroxyl groups is 1. The number of carbonyl (C=O) groups is 1. The minimum Gasteiger partial charge on any atom is -0.508 e. The number of amides is 1. The molecule has 2 N–H and O–H groups in total. The van der Waals surface area contributed by atoms with Crippen LogP contribution in [0.2, 0.25) is 0 Å². The molecule has 1 rings (SSSR count). The molecule has 100 valence electrons. The first-order valence-electron chi connectivity index (χ1n) is 6.15. The quantitative estimate of drug-likeness (QED) is 0.837. The molecule has 18 heavy (non-hydrogen) atoms. The molecule has 0 bridgehead atoms. The Morgan fingerprint density at radius 3 is 2.67 bits per heavy atom. The van der Waals surface area contributed by atoms with Crippen LogP contribution >= 0.6 is 0 Å².